The van der Waals surface area contributed by atoms with Gasteiger partial charge in [-0.25, -0.2) is 13.1 Å². The van der Waals surface area contributed by atoms with Gasteiger partial charge in [-0.05, 0) is 39.5 Å². The van der Waals surface area contributed by atoms with Gasteiger partial charge in [0.25, 0.3) is 0 Å². The van der Waals surface area contributed by atoms with E-state index in [9.17, 15) is 8.42 Å². The number of rotatable bonds is 6. The summed E-state index contributed by atoms with van der Waals surface area (Å²) >= 11 is 0. The quantitative estimate of drug-likeness (QED) is 0.721. The largest absolute Gasteiger partial charge is 0.308 e. The van der Waals surface area contributed by atoms with Crippen molar-refractivity contribution in [3.63, 3.8) is 0 Å². The molecule has 6 nitrogen and oxygen atoms in total. The highest BCUT2D eigenvalue weighted by Crippen LogP contribution is 2.36. The summed E-state index contributed by atoms with van der Waals surface area (Å²) in [6.45, 7) is 4.18. The van der Waals surface area contributed by atoms with Crippen LogP contribution in [0.1, 0.15) is 44.0 Å². The second-order valence-electron chi connectivity index (χ2n) is 5.95. The Morgan fingerprint density at radius 1 is 1.42 bits per heavy atom. The summed E-state index contributed by atoms with van der Waals surface area (Å²) in [5.41, 5.74) is 0.925. The molecule has 0 aliphatic heterocycles. The van der Waals surface area contributed by atoms with Gasteiger partial charge in [-0.3, -0.25) is 5.10 Å². The zero-order chi connectivity index (χ0) is 13.7. The van der Waals surface area contributed by atoms with Crippen LogP contribution in [0.4, 0.5) is 0 Å². The van der Waals surface area contributed by atoms with Crippen molar-refractivity contribution < 1.29 is 8.42 Å². The van der Waals surface area contributed by atoms with Gasteiger partial charge in [-0.1, -0.05) is 0 Å². The van der Waals surface area contributed by atoms with Crippen molar-refractivity contribution in [2.45, 2.75) is 62.6 Å². The van der Waals surface area contributed by atoms with Crippen LogP contribution in [0, 0.1) is 6.92 Å². The van der Waals surface area contributed by atoms with Gasteiger partial charge in [0.15, 0.2) is 0 Å². The summed E-state index contributed by atoms with van der Waals surface area (Å²) in [6, 6.07) is 0.529. The first kappa shape index (κ1) is 13.1. The molecule has 2 saturated carbocycles. The summed E-state index contributed by atoms with van der Waals surface area (Å²) in [5, 5.41) is 10.2. The van der Waals surface area contributed by atoms with Gasteiger partial charge in [-0.2, -0.15) is 5.10 Å². The van der Waals surface area contributed by atoms with Crippen LogP contribution in [0.2, 0.25) is 0 Å². The van der Waals surface area contributed by atoms with E-state index in [2.05, 4.69) is 20.2 Å². The van der Waals surface area contributed by atoms with Crippen molar-refractivity contribution in [1.82, 2.24) is 20.2 Å². The molecule has 0 saturated heterocycles. The van der Waals surface area contributed by atoms with Crippen LogP contribution >= 0.6 is 0 Å². The predicted molar refractivity (Wildman–Crippen MR) is 71.1 cm³/mol. The molecule has 7 heteroatoms. The van der Waals surface area contributed by atoms with E-state index >= 15 is 0 Å². The average Bonchev–Trinajstić information content (AvgIpc) is 3.20. The van der Waals surface area contributed by atoms with Gasteiger partial charge in [0, 0.05) is 18.1 Å². The summed E-state index contributed by atoms with van der Waals surface area (Å²) in [5.74, 6) is 0. The fraction of sp³-hybridized carbons (Fsp3) is 0.750. The van der Waals surface area contributed by atoms with Crippen molar-refractivity contribution in [2.24, 2.45) is 0 Å². The number of nitrogens with one attached hydrogen (secondary N) is 3. The van der Waals surface area contributed by atoms with Gasteiger partial charge >= 0.3 is 0 Å². The Bertz CT molecular complexity index is 585. The highest BCUT2D eigenvalue weighted by atomic mass is 32.2. The number of aromatic amines is 1. The molecular formula is C12H20N4O2S. The number of nitrogens with zero attached hydrogens (tertiary/aromatic N) is 1. The number of sulfonamides is 1. The zero-order valence-electron chi connectivity index (χ0n) is 11.3. The van der Waals surface area contributed by atoms with Crippen LogP contribution in [0.25, 0.3) is 0 Å². The van der Waals surface area contributed by atoms with E-state index in [1.165, 1.54) is 12.8 Å². The maximum absolute atomic E-state index is 12.5. The first-order valence-corrected chi connectivity index (χ1v) is 8.19. The average molecular weight is 284 g/mol. The number of hydrogen-bond acceptors (Lipinski definition) is 4. The minimum atomic E-state index is -3.48. The van der Waals surface area contributed by atoms with Crippen LogP contribution in [-0.2, 0) is 16.6 Å². The molecule has 2 aliphatic carbocycles. The van der Waals surface area contributed by atoms with E-state index in [1.54, 1.807) is 6.92 Å². The molecule has 106 valence electrons. The number of aryl methyl sites for hydroxylation is 1. The van der Waals surface area contributed by atoms with E-state index in [0.29, 0.717) is 28.9 Å². The zero-order valence-corrected chi connectivity index (χ0v) is 12.1. The maximum Gasteiger partial charge on any atom is 0.244 e. The normalized spacial score (nSPS) is 21.6. The van der Waals surface area contributed by atoms with Crippen molar-refractivity contribution in [2.75, 3.05) is 0 Å². The van der Waals surface area contributed by atoms with Gasteiger partial charge in [0.1, 0.15) is 4.90 Å². The van der Waals surface area contributed by atoms with Crippen LogP contribution < -0.4 is 10.0 Å². The molecule has 0 radical (unpaired) electrons. The molecule has 0 bridgehead atoms. The maximum atomic E-state index is 12.5. The molecule has 2 aliphatic rings. The van der Waals surface area contributed by atoms with E-state index in [4.69, 9.17) is 0 Å². The molecular weight excluding hydrogens is 264 g/mol. The minimum Gasteiger partial charge on any atom is -0.308 e. The molecule has 1 aromatic rings. The lowest BCUT2D eigenvalue weighted by molar-refractivity contribution is 0.554. The fourth-order valence-electron chi connectivity index (χ4n) is 2.14. The van der Waals surface area contributed by atoms with E-state index < -0.39 is 10.0 Å². The van der Waals surface area contributed by atoms with Crippen molar-refractivity contribution in [1.29, 1.82) is 0 Å². The molecule has 3 rings (SSSR count). The van der Waals surface area contributed by atoms with Gasteiger partial charge in [-0.15, -0.1) is 0 Å². The minimum absolute atomic E-state index is 0.260. The molecule has 3 N–H and O–H groups in total. The van der Waals surface area contributed by atoms with Crippen molar-refractivity contribution in [3.05, 3.63) is 11.4 Å². The van der Waals surface area contributed by atoms with Crippen molar-refractivity contribution >= 4 is 10.0 Å². The Hall–Kier alpha value is -0.920. The summed E-state index contributed by atoms with van der Waals surface area (Å²) in [4.78, 5) is 0.314. The molecule has 0 amide bonds. The molecule has 0 aromatic carbocycles. The monoisotopic (exact) mass is 284 g/mol. The van der Waals surface area contributed by atoms with Gasteiger partial charge < -0.3 is 5.32 Å². The molecule has 1 heterocycles. The molecule has 0 atom stereocenters. The number of aromatic nitrogens is 2. The Morgan fingerprint density at radius 2 is 2.11 bits per heavy atom. The van der Waals surface area contributed by atoms with E-state index in [1.807, 2.05) is 6.92 Å². The van der Waals surface area contributed by atoms with Crippen molar-refractivity contribution in [3.8, 4) is 0 Å². The molecule has 0 spiro atoms. The smallest absolute Gasteiger partial charge is 0.244 e. The third-order valence-electron chi connectivity index (χ3n) is 3.75. The lowest BCUT2D eigenvalue weighted by atomic mass is 10.3. The second kappa shape index (κ2) is 4.29. The Balaban J connectivity index is 1.82. The summed E-state index contributed by atoms with van der Waals surface area (Å²) in [7, 11) is -3.48. The third-order valence-corrected chi connectivity index (χ3v) is 5.59. The van der Waals surface area contributed by atoms with Crippen LogP contribution in [0.15, 0.2) is 4.90 Å². The summed E-state index contributed by atoms with van der Waals surface area (Å²) in [6.07, 6.45) is 4.14. The lowest BCUT2D eigenvalue weighted by Crippen LogP contribution is -2.35. The highest BCUT2D eigenvalue weighted by molar-refractivity contribution is 7.89. The molecule has 1 aromatic heterocycles. The highest BCUT2D eigenvalue weighted by Gasteiger charge is 2.42. The first-order chi connectivity index (χ1) is 8.90. The van der Waals surface area contributed by atoms with Gasteiger partial charge in [0.05, 0.1) is 11.4 Å². The van der Waals surface area contributed by atoms with Gasteiger partial charge in [0.2, 0.25) is 10.0 Å². The standard InChI is InChI=1S/C12H20N4O2S/c1-8-11(19(17,18)16-12(2)5-6-12)10(15-14-8)7-13-9-3-4-9/h9,13,16H,3-7H2,1-2H3,(H,14,15). The van der Waals surface area contributed by atoms with Crippen LogP contribution in [0.5, 0.6) is 0 Å². The third kappa shape index (κ3) is 2.82. The lowest BCUT2D eigenvalue weighted by Gasteiger charge is -2.13. The SMILES string of the molecule is Cc1[nH]nc(CNC2CC2)c1S(=O)(=O)NC1(C)CC1. The Morgan fingerprint density at radius 3 is 2.68 bits per heavy atom. The topological polar surface area (TPSA) is 86.9 Å². The fourth-order valence-corrected chi connectivity index (χ4v) is 3.97. The molecule has 2 fully saturated rings. The summed E-state index contributed by atoms with van der Waals surface area (Å²) < 4.78 is 27.7. The molecule has 19 heavy (non-hydrogen) atoms. The predicted octanol–water partition coefficient (Wildman–Crippen LogP) is 0.801. The van der Waals surface area contributed by atoms with Crippen LogP contribution in [-0.4, -0.2) is 30.2 Å². The number of hydrogen-bond donors (Lipinski definition) is 3. The van der Waals surface area contributed by atoms with Crippen LogP contribution in [0.3, 0.4) is 0 Å². The Kier molecular flexibility index (Phi) is 2.95. The van der Waals surface area contributed by atoms with E-state index in [0.717, 1.165) is 12.8 Å². The molecule has 0 unspecified atom stereocenters. The van der Waals surface area contributed by atoms with E-state index in [-0.39, 0.29) is 5.54 Å². The second-order valence-corrected chi connectivity index (χ2v) is 7.57. The first-order valence-electron chi connectivity index (χ1n) is 6.71. The number of H-pyrrole nitrogens is 1. The Labute approximate surface area is 113 Å².